The third kappa shape index (κ3) is 15.7. The zero-order valence-corrected chi connectivity index (χ0v) is 7.47. The standard InChI is InChI=1S/C3H8NO.2ClH.Fe/c1-4(2)3-5;;;/h3H2,1-2H3;2*1H;/q-1;;;+1. The maximum Gasteiger partial charge on any atom is -0.147 e. The van der Waals surface area contributed by atoms with Gasteiger partial charge in [-0.1, -0.05) is 0 Å². The predicted molar refractivity (Wildman–Crippen MR) is 34.1 cm³/mol. The molecule has 2 nitrogen and oxygen atoms in total. The van der Waals surface area contributed by atoms with Crippen molar-refractivity contribution in [3.63, 3.8) is 0 Å². The predicted octanol–water partition coefficient (Wildman–Crippen LogP) is 0.827. The van der Waals surface area contributed by atoms with Crippen LogP contribution in [0.4, 0.5) is 0 Å². The fraction of sp³-hybridized carbons (Fsp3) is 1.00. The molecule has 0 heterocycles. The van der Waals surface area contributed by atoms with Crippen molar-refractivity contribution in [3.05, 3.63) is 0 Å². The molecule has 0 saturated heterocycles. The second-order valence-corrected chi connectivity index (χ2v) is 1.63. The van der Waals surface area contributed by atoms with Gasteiger partial charge >= 0.3 is 45.9 Å². The van der Waals surface area contributed by atoms with Gasteiger partial charge in [0.2, 0.25) is 0 Å². The van der Waals surface area contributed by atoms with Gasteiger partial charge in [0, 0.05) is 0 Å². The first kappa shape index (κ1) is 16.0. The summed E-state index contributed by atoms with van der Waals surface area (Å²) in [5, 5.41) is 0. The van der Waals surface area contributed by atoms with E-state index in [4.69, 9.17) is 0 Å². The number of hydrogen-bond donors (Lipinski definition) is 0. The maximum atomic E-state index is 4.48. The van der Waals surface area contributed by atoms with E-state index in [9.17, 15) is 0 Å². The van der Waals surface area contributed by atoms with E-state index >= 15 is 0 Å². The molecule has 0 atom stereocenters. The summed E-state index contributed by atoms with van der Waals surface area (Å²) >= 11 is 3.18. The quantitative estimate of drug-likeness (QED) is 0.486. The zero-order chi connectivity index (χ0) is 4.99. The van der Waals surface area contributed by atoms with Crippen LogP contribution < -0.4 is 0 Å². The van der Waals surface area contributed by atoms with Gasteiger partial charge in [-0.15, -0.1) is 24.8 Å². The minimum absolute atomic E-state index is 0. The van der Waals surface area contributed by atoms with Gasteiger partial charge in [0.25, 0.3) is 0 Å². The first-order chi connectivity index (χ1) is 2.77. The van der Waals surface area contributed by atoms with Crippen molar-refractivity contribution in [1.29, 1.82) is 0 Å². The first-order valence-electron chi connectivity index (χ1n) is 1.64. The molecule has 55 valence electrons. The zero-order valence-electron chi connectivity index (χ0n) is 4.73. The molecule has 0 aromatic carbocycles. The van der Waals surface area contributed by atoms with Crippen LogP contribution in [0.3, 0.4) is 0 Å². The van der Waals surface area contributed by atoms with E-state index in [2.05, 4.69) is 20.2 Å². The fourth-order valence-electron chi connectivity index (χ4n) is 0.0913. The molecule has 0 spiro atoms. The summed E-state index contributed by atoms with van der Waals surface area (Å²) in [6, 6.07) is 0. The van der Waals surface area contributed by atoms with Crippen LogP contribution in [0.25, 0.3) is 0 Å². The Bertz CT molecular complexity index is 38.5. The number of rotatable bonds is 2. The Morgan fingerprint density at radius 3 is 1.75 bits per heavy atom. The second kappa shape index (κ2) is 10.9. The molecule has 0 aliphatic heterocycles. The van der Waals surface area contributed by atoms with Crippen LogP contribution >= 0.6 is 24.8 Å². The van der Waals surface area contributed by atoms with E-state index in [0.29, 0.717) is 6.73 Å². The van der Waals surface area contributed by atoms with Gasteiger partial charge in [0.1, 0.15) is 0 Å². The van der Waals surface area contributed by atoms with Crippen LogP contribution in [0, 0.1) is 0 Å². The average molecular weight is 203 g/mol. The molecule has 0 aliphatic rings. The normalized spacial score (nSPS) is 7.50. The number of nitrogens with zero attached hydrogens (tertiary/aromatic N) is 1. The molecule has 0 unspecified atom stereocenters. The van der Waals surface area contributed by atoms with Gasteiger partial charge in [-0.2, -0.15) is 0 Å². The van der Waals surface area contributed by atoms with Crippen molar-refractivity contribution in [3.8, 4) is 0 Å². The summed E-state index contributed by atoms with van der Waals surface area (Å²) in [6.07, 6.45) is 0. The SMILES string of the molecule is CN(C)C[O][Fe].Cl.Cl. The Balaban J connectivity index is -0.000000125. The van der Waals surface area contributed by atoms with Crippen LogP contribution in [0.15, 0.2) is 0 Å². The van der Waals surface area contributed by atoms with Crippen LogP contribution in [-0.4, -0.2) is 25.7 Å². The Morgan fingerprint density at radius 2 is 1.75 bits per heavy atom. The molecule has 0 aliphatic carbocycles. The molecule has 0 bridgehead atoms. The summed E-state index contributed by atoms with van der Waals surface area (Å²) in [5.74, 6) is 0. The van der Waals surface area contributed by atoms with Crippen molar-refractivity contribution in [2.75, 3.05) is 20.8 Å². The Labute approximate surface area is 70.9 Å². The minimum Gasteiger partial charge on any atom is -0.147 e. The smallest absolute Gasteiger partial charge is 0.147 e. The Kier molecular flexibility index (Phi) is 21.8. The summed E-state index contributed by atoms with van der Waals surface area (Å²) in [4.78, 5) is 1.90. The van der Waals surface area contributed by atoms with Gasteiger partial charge in [0.15, 0.2) is 0 Å². The topological polar surface area (TPSA) is 12.5 Å². The van der Waals surface area contributed by atoms with Gasteiger partial charge < -0.3 is 0 Å². The van der Waals surface area contributed by atoms with Gasteiger partial charge in [-0.05, 0) is 0 Å². The van der Waals surface area contributed by atoms with Crippen molar-refractivity contribution >= 4 is 24.8 Å². The number of hydrogen-bond acceptors (Lipinski definition) is 2. The van der Waals surface area contributed by atoms with E-state index < -0.39 is 0 Å². The molecule has 0 amide bonds. The summed E-state index contributed by atoms with van der Waals surface area (Å²) in [7, 11) is 3.84. The molecule has 0 rings (SSSR count). The third-order valence-electron chi connectivity index (χ3n) is 0.304. The Morgan fingerprint density at radius 1 is 1.38 bits per heavy atom. The van der Waals surface area contributed by atoms with Crippen molar-refractivity contribution in [2.45, 2.75) is 0 Å². The molecule has 0 aromatic rings. The molecular formula is C3H10Cl2FeNO. The Hall–Kier alpha value is 1.02. The monoisotopic (exact) mass is 202 g/mol. The fourth-order valence-corrected chi connectivity index (χ4v) is 0.376. The van der Waals surface area contributed by atoms with E-state index in [1.807, 2.05) is 19.0 Å². The van der Waals surface area contributed by atoms with Crippen LogP contribution in [0.5, 0.6) is 0 Å². The van der Waals surface area contributed by atoms with Crippen molar-refractivity contribution in [1.82, 2.24) is 4.90 Å². The summed E-state index contributed by atoms with van der Waals surface area (Å²) < 4.78 is 4.48. The molecule has 0 radical (unpaired) electrons. The molecule has 0 saturated carbocycles. The third-order valence-corrected chi connectivity index (χ3v) is 0.446. The van der Waals surface area contributed by atoms with Crippen LogP contribution in [-0.2, 0) is 20.2 Å². The molecule has 8 heavy (non-hydrogen) atoms. The van der Waals surface area contributed by atoms with Gasteiger partial charge in [-0.25, -0.2) is 0 Å². The van der Waals surface area contributed by atoms with Crippen molar-refractivity contribution in [2.24, 2.45) is 0 Å². The first-order valence-corrected chi connectivity index (χ1v) is 2.09. The van der Waals surface area contributed by atoms with E-state index in [1.165, 1.54) is 0 Å². The van der Waals surface area contributed by atoms with Gasteiger partial charge in [-0.3, -0.25) is 0 Å². The number of halogens is 2. The minimum atomic E-state index is 0. The molecule has 0 N–H and O–H groups in total. The molecular weight excluding hydrogens is 193 g/mol. The van der Waals surface area contributed by atoms with Crippen LogP contribution in [0.1, 0.15) is 0 Å². The second-order valence-electron chi connectivity index (χ2n) is 1.31. The van der Waals surface area contributed by atoms with Crippen LogP contribution in [0.2, 0.25) is 0 Å². The molecule has 0 aromatic heterocycles. The van der Waals surface area contributed by atoms with E-state index in [-0.39, 0.29) is 24.8 Å². The summed E-state index contributed by atoms with van der Waals surface area (Å²) in [6.45, 7) is 0.597. The molecule has 5 heteroatoms. The maximum absolute atomic E-state index is 4.48. The largest absolute Gasteiger partial charge is 0.147 e. The van der Waals surface area contributed by atoms with Crippen molar-refractivity contribution < 1.29 is 20.2 Å². The molecule has 0 fully saturated rings. The van der Waals surface area contributed by atoms with E-state index in [1.54, 1.807) is 0 Å². The van der Waals surface area contributed by atoms with Gasteiger partial charge in [0.05, 0.1) is 0 Å². The average Bonchev–Trinajstić information content (AvgIpc) is 1.35. The summed E-state index contributed by atoms with van der Waals surface area (Å²) in [5.41, 5.74) is 0. The van der Waals surface area contributed by atoms with E-state index in [0.717, 1.165) is 0 Å².